The van der Waals surface area contributed by atoms with E-state index in [0.717, 1.165) is 65.1 Å². The second-order valence-corrected chi connectivity index (χ2v) is 29.5. The van der Waals surface area contributed by atoms with Gasteiger partial charge >= 0.3 is 0 Å². The first-order chi connectivity index (χ1) is 43.0. The van der Waals surface area contributed by atoms with Crippen LogP contribution in [0, 0.1) is 73.0 Å². The van der Waals surface area contributed by atoms with Crippen LogP contribution in [0.3, 0.4) is 0 Å². The van der Waals surface area contributed by atoms with E-state index in [2.05, 4.69) is 170 Å². The van der Waals surface area contributed by atoms with E-state index < -0.39 is 10.8 Å². The van der Waals surface area contributed by atoms with E-state index in [9.17, 15) is 21.0 Å². The van der Waals surface area contributed by atoms with Gasteiger partial charge in [0, 0.05) is 62.6 Å². The van der Waals surface area contributed by atoms with Crippen molar-refractivity contribution < 1.29 is 0 Å². The van der Waals surface area contributed by atoms with Gasteiger partial charge in [0.15, 0.2) is 0 Å². The Bertz CT molecular complexity index is 5020. The number of benzene rings is 6. The van der Waals surface area contributed by atoms with Crippen molar-refractivity contribution in [1.29, 1.82) is 21.0 Å². The van der Waals surface area contributed by atoms with E-state index in [0.29, 0.717) is 22.2 Å². The van der Waals surface area contributed by atoms with Gasteiger partial charge in [-0.3, -0.25) is 0 Å². The van der Waals surface area contributed by atoms with Gasteiger partial charge < -0.3 is 0 Å². The Kier molecular flexibility index (Phi) is 12.8. The quantitative estimate of drug-likeness (QED) is 0.123. The van der Waals surface area contributed by atoms with Gasteiger partial charge in [-0.2, -0.15) is 38.5 Å². The zero-order valence-electron chi connectivity index (χ0n) is 47.0. The molecule has 6 aromatic carbocycles. The lowest BCUT2D eigenvalue weighted by Gasteiger charge is -2.34. The number of aryl methyl sites for hydroxylation is 4. The number of thiophene rings is 6. The van der Waals surface area contributed by atoms with Crippen LogP contribution in [0.4, 0.5) is 0 Å². The number of nitriles is 4. The van der Waals surface area contributed by atoms with Crippen LogP contribution >= 0.6 is 91.5 Å². The summed E-state index contributed by atoms with van der Waals surface area (Å²) in [6.07, 6.45) is 3.17. The molecule has 0 fully saturated rings. The predicted molar refractivity (Wildman–Crippen MR) is 367 cm³/mol. The fourth-order valence-corrected chi connectivity index (χ4v) is 22.2. The molecule has 0 spiro atoms. The Labute approximate surface area is 538 Å². The molecule has 0 aliphatic heterocycles. The Morgan fingerprint density at radius 1 is 0.352 bits per heavy atom. The van der Waals surface area contributed by atoms with E-state index in [1.54, 1.807) is 34.8 Å². The van der Waals surface area contributed by atoms with Crippen LogP contribution in [0.1, 0.15) is 77.9 Å². The van der Waals surface area contributed by atoms with Crippen molar-refractivity contribution >= 4 is 135 Å². The molecule has 0 bridgehead atoms. The molecule has 2 aliphatic rings. The van der Waals surface area contributed by atoms with Gasteiger partial charge in [-0.25, -0.2) is 0 Å². The van der Waals surface area contributed by atoms with Crippen LogP contribution in [-0.4, -0.2) is 17.5 Å². The lowest BCUT2D eigenvalue weighted by atomic mass is 9.67. The van der Waals surface area contributed by atoms with Crippen molar-refractivity contribution in [3.05, 3.63) is 247 Å². The van der Waals surface area contributed by atoms with Gasteiger partial charge in [-0.15, -0.1) is 68.0 Å². The summed E-state index contributed by atoms with van der Waals surface area (Å²) < 4.78 is 21.4. The van der Waals surface area contributed by atoms with Gasteiger partial charge in [-0.05, 0) is 110 Å². The van der Waals surface area contributed by atoms with Crippen LogP contribution < -0.4 is 0 Å². The fraction of sp³-hybridized carbons (Fsp3) is 0.0833. The highest BCUT2D eigenvalue weighted by Crippen LogP contribution is 2.71. The summed E-state index contributed by atoms with van der Waals surface area (Å²) in [5.41, 5.74) is 19.9. The number of hydrogen-bond acceptors (Lipinski definition) is 16. The lowest BCUT2D eigenvalue weighted by Crippen LogP contribution is -2.28. The minimum absolute atomic E-state index is 0.0199. The van der Waals surface area contributed by atoms with Gasteiger partial charge in [0.2, 0.25) is 0 Å². The first-order valence-corrected chi connectivity index (χ1v) is 34.3. The standard InChI is InChI=1S/C72H40N8S8/c1-37-5-15-45(16-6-37)71(46-17-7-38(2)8-18-46)51-31-57(55-27-25-53(81-55)49-23-13-43(29-41(33-73)34-74)61-63(49)79-87-77-61)83-65(51)67-59(71)69-70(85-67)60-68(86-69)66-52(72(60,47-19-9-39(3)10-20-47)48-21-11-40(4)12-22-48)32-58(84-66)56-28-26-54(82-56)50-24-14-44(30-42(35-75)36-76)62-64(50)80-88-78-62/h5-32H,1-4H3. The second kappa shape index (κ2) is 20.8. The van der Waals surface area contributed by atoms with Gasteiger partial charge in [0.05, 0.1) is 63.2 Å². The zero-order valence-corrected chi connectivity index (χ0v) is 53.5. The smallest absolute Gasteiger partial charge is 0.130 e. The van der Waals surface area contributed by atoms with Gasteiger partial charge in [0.1, 0.15) is 57.5 Å². The van der Waals surface area contributed by atoms with Gasteiger partial charge in [-0.1, -0.05) is 144 Å². The maximum Gasteiger partial charge on any atom is 0.130 e. The molecule has 14 aromatic rings. The summed E-state index contributed by atoms with van der Waals surface area (Å²) in [5.74, 6) is 0. The summed E-state index contributed by atoms with van der Waals surface area (Å²) in [6, 6.07) is 66.8. The third kappa shape index (κ3) is 8.02. The number of hydrogen-bond donors (Lipinski definition) is 0. The summed E-state index contributed by atoms with van der Waals surface area (Å²) in [5, 5.41) is 38.3. The molecule has 16 heteroatoms. The van der Waals surface area contributed by atoms with Crippen LogP contribution in [0.25, 0.3) is 104 Å². The summed E-state index contributed by atoms with van der Waals surface area (Å²) in [4.78, 5) is 12.1. The number of fused-ring (bicyclic) bond motifs is 11. The molecule has 0 saturated carbocycles. The average molecular weight is 1270 g/mol. The highest BCUT2D eigenvalue weighted by molar-refractivity contribution is 7.35. The van der Waals surface area contributed by atoms with Crippen molar-refractivity contribution in [3.8, 4) is 84.2 Å². The molecule has 88 heavy (non-hydrogen) atoms. The molecular weight excluding hydrogens is 1230 g/mol. The van der Waals surface area contributed by atoms with Crippen molar-refractivity contribution in [2.45, 2.75) is 38.5 Å². The molecule has 0 atom stereocenters. The molecule has 16 rings (SSSR count). The molecule has 8 nitrogen and oxygen atoms in total. The Hall–Kier alpha value is -9.14. The van der Waals surface area contributed by atoms with Crippen LogP contribution in [0.5, 0.6) is 0 Å². The van der Waals surface area contributed by atoms with Crippen LogP contribution in [0.2, 0.25) is 0 Å². The van der Waals surface area contributed by atoms with Gasteiger partial charge in [0.25, 0.3) is 0 Å². The van der Waals surface area contributed by atoms with E-state index in [1.807, 2.05) is 93.9 Å². The molecule has 8 aromatic heterocycles. The molecular formula is C72H40N8S8. The lowest BCUT2D eigenvalue weighted by molar-refractivity contribution is 0.776. The van der Waals surface area contributed by atoms with E-state index >= 15 is 0 Å². The average Bonchev–Trinajstić information content (AvgIpc) is 1.49. The minimum atomic E-state index is -0.668. The Morgan fingerprint density at radius 3 is 1.02 bits per heavy atom. The maximum atomic E-state index is 9.57. The largest absolute Gasteiger partial charge is 0.192 e. The number of rotatable bonds is 10. The van der Waals surface area contributed by atoms with Crippen LogP contribution in [0.15, 0.2) is 169 Å². The topological polar surface area (TPSA) is 147 Å². The summed E-state index contributed by atoms with van der Waals surface area (Å²) in [7, 11) is 0. The Balaban J connectivity index is 0.917. The number of aromatic nitrogens is 4. The Morgan fingerprint density at radius 2 is 0.682 bits per heavy atom. The highest BCUT2D eigenvalue weighted by atomic mass is 32.1. The van der Waals surface area contributed by atoms with E-state index in [4.69, 9.17) is 8.75 Å². The number of allylic oxidation sites excluding steroid dienone is 2. The number of nitrogens with zero attached hydrogens (tertiary/aromatic N) is 8. The van der Waals surface area contributed by atoms with Crippen molar-refractivity contribution in [2.75, 3.05) is 0 Å². The molecule has 0 N–H and O–H groups in total. The van der Waals surface area contributed by atoms with Crippen molar-refractivity contribution in [2.24, 2.45) is 0 Å². The van der Waals surface area contributed by atoms with E-state index in [1.165, 1.54) is 105 Å². The molecule has 0 radical (unpaired) electrons. The normalized spacial score (nSPS) is 13.1. The molecule has 0 amide bonds. The molecule has 0 unspecified atom stereocenters. The third-order valence-electron chi connectivity index (χ3n) is 17.1. The van der Waals surface area contributed by atoms with Crippen LogP contribution in [-0.2, 0) is 10.8 Å². The molecule has 2 aliphatic carbocycles. The molecule has 8 heterocycles. The fourth-order valence-electron chi connectivity index (χ4n) is 13.0. The zero-order chi connectivity index (χ0) is 59.7. The van der Waals surface area contributed by atoms with Crippen molar-refractivity contribution in [3.63, 3.8) is 0 Å². The first-order valence-electron chi connectivity index (χ1n) is 28.0. The van der Waals surface area contributed by atoms with E-state index in [-0.39, 0.29) is 11.1 Å². The minimum Gasteiger partial charge on any atom is -0.192 e. The summed E-state index contributed by atoms with van der Waals surface area (Å²) >= 11 is 13.5. The monoisotopic (exact) mass is 1270 g/mol. The SMILES string of the molecule is Cc1ccc(C2(c3ccc(C)cc3)c3cc(-c4ccc(-c5ccc(C=C(C#N)C#N)c6nsnc56)s4)sc3-c3sc4c5c(sc4c32)-c2sc(-c3ccc(-c4ccc(C=C(C#N)C#N)c6nsnc46)s3)cc2C5(c2ccc(C)cc2)c2ccc(C)cc2)cc1. The summed E-state index contributed by atoms with van der Waals surface area (Å²) in [6.45, 7) is 8.69. The maximum absolute atomic E-state index is 9.57. The second-order valence-electron chi connectivity index (χ2n) is 22.2. The highest BCUT2D eigenvalue weighted by Gasteiger charge is 2.55. The first kappa shape index (κ1) is 54.3. The predicted octanol–water partition coefficient (Wildman–Crippen LogP) is 20.7. The van der Waals surface area contributed by atoms with Crippen molar-refractivity contribution in [1.82, 2.24) is 17.5 Å². The molecule has 0 saturated heterocycles. The molecule has 416 valence electrons. The third-order valence-corrected chi connectivity index (χ3v) is 25.9.